The van der Waals surface area contributed by atoms with Crippen LogP contribution in [0.3, 0.4) is 0 Å². The highest BCUT2D eigenvalue weighted by atomic mass is 32.1. The summed E-state index contributed by atoms with van der Waals surface area (Å²) in [6.07, 6.45) is 4.46. The van der Waals surface area contributed by atoms with E-state index in [2.05, 4.69) is 22.4 Å². The fraction of sp³-hybridized carbons (Fsp3) is 0.474. The first-order valence-electron chi connectivity index (χ1n) is 9.18. The van der Waals surface area contributed by atoms with Crippen LogP contribution in [0.25, 0.3) is 0 Å². The Labute approximate surface area is 162 Å². The molecule has 2 amide bonds. The number of rotatable bonds is 8. The van der Waals surface area contributed by atoms with Crippen molar-refractivity contribution < 1.29 is 14.3 Å². The number of carbonyl (C=O) groups is 2. The summed E-state index contributed by atoms with van der Waals surface area (Å²) in [7, 11) is 1.58. The summed E-state index contributed by atoms with van der Waals surface area (Å²) in [5.41, 5.74) is 0.740. The summed E-state index contributed by atoms with van der Waals surface area (Å²) in [5.74, 6) is 0.0136. The van der Waals surface area contributed by atoms with Gasteiger partial charge in [0.2, 0.25) is 16.9 Å². The minimum absolute atomic E-state index is 0.0686. The number of nitrogens with zero attached hydrogens (tertiary/aromatic N) is 3. The first-order chi connectivity index (χ1) is 13.1. The van der Waals surface area contributed by atoms with E-state index in [4.69, 9.17) is 4.74 Å². The molecular formula is C19H24N4O3S. The number of unbranched alkanes of at least 4 members (excludes halogenated alkanes) is 2. The van der Waals surface area contributed by atoms with Gasteiger partial charge in [-0.1, -0.05) is 37.2 Å². The van der Waals surface area contributed by atoms with E-state index in [-0.39, 0.29) is 18.2 Å². The number of aromatic nitrogens is 2. The van der Waals surface area contributed by atoms with E-state index in [1.54, 1.807) is 18.1 Å². The Balaban J connectivity index is 1.59. The average Bonchev–Trinajstić information content (AvgIpc) is 3.28. The lowest BCUT2D eigenvalue weighted by molar-refractivity contribution is -0.122. The number of amides is 2. The molecule has 0 unspecified atom stereocenters. The lowest BCUT2D eigenvalue weighted by Crippen LogP contribution is -2.28. The van der Waals surface area contributed by atoms with E-state index in [1.807, 2.05) is 18.2 Å². The van der Waals surface area contributed by atoms with Crippen LogP contribution in [0.2, 0.25) is 0 Å². The number of aryl methyl sites for hydroxylation is 1. The third-order valence-electron chi connectivity index (χ3n) is 4.55. The fourth-order valence-electron chi connectivity index (χ4n) is 3.05. The van der Waals surface area contributed by atoms with Crippen molar-refractivity contribution in [2.24, 2.45) is 5.92 Å². The Morgan fingerprint density at radius 3 is 3.00 bits per heavy atom. The second-order valence-corrected chi connectivity index (χ2v) is 7.62. The van der Waals surface area contributed by atoms with Gasteiger partial charge in [-0.05, 0) is 18.6 Å². The lowest BCUT2D eigenvalue weighted by atomic mass is 10.1. The molecule has 0 aliphatic carbocycles. The van der Waals surface area contributed by atoms with Gasteiger partial charge >= 0.3 is 0 Å². The van der Waals surface area contributed by atoms with Gasteiger partial charge in [-0.2, -0.15) is 0 Å². The Hall–Kier alpha value is -2.48. The summed E-state index contributed by atoms with van der Waals surface area (Å²) in [6, 6.07) is 7.29. The van der Waals surface area contributed by atoms with Crippen LogP contribution in [0.5, 0.6) is 5.75 Å². The van der Waals surface area contributed by atoms with Gasteiger partial charge in [0.15, 0.2) is 0 Å². The van der Waals surface area contributed by atoms with Gasteiger partial charge in [-0.25, -0.2) is 0 Å². The van der Waals surface area contributed by atoms with Crippen LogP contribution < -0.4 is 15.0 Å². The van der Waals surface area contributed by atoms with E-state index in [9.17, 15) is 9.59 Å². The summed E-state index contributed by atoms with van der Waals surface area (Å²) in [6.45, 7) is 2.50. The quantitative estimate of drug-likeness (QED) is 0.702. The van der Waals surface area contributed by atoms with Gasteiger partial charge in [0.1, 0.15) is 10.8 Å². The maximum absolute atomic E-state index is 12.6. The first kappa shape index (κ1) is 19.3. The van der Waals surface area contributed by atoms with Gasteiger partial charge in [-0.3, -0.25) is 9.59 Å². The van der Waals surface area contributed by atoms with Crippen LogP contribution in [-0.4, -0.2) is 35.7 Å². The molecule has 8 heteroatoms. The molecule has 1 aliphatic rings. The largest absolute Gasteiger partial charge is 0.497 e. The Morgan fingerprint density at radius 2 is 2.22 bits per heavy atom. The van der Waals surface area contributed by atoms with Crippen molar-refractivity contribution >= 4 is 34.0 Å². The van der Waals surface area contributed by atoms with Crippen LogP contribution in [0.4, 0.5) is 10.8 Å². The van der Waals surface area contributed by atoms with Gasteiger partial charge in [0.05, 0.1) is 13.0 Å². The number of hydrogen-bond acceptors (Lipinski definition) is 6. The van der Waals surface area contributed by atoms with Crippen LogP contribution in [0.1, 0.15) is 37.6 Å². The third kappa shape index (κ3) is 4.82. The molecule has 1 fully saturated rings. The molecule has 27 heavy (non-hydrogen) atoms. The summed E-state index contributed by atoms with van der Waals surface area (Å²) in [4.78, 5) is 26.6. The maximum atomic E-state index is 12.6. The standard InChI is InChI=1S/C19H24N4O3S/c1-3-4-5-9-16-21-22-19(27-16)20-18(25)13-10-17(24)23(12-13)14-7-6-8-15(11-14)26-2/h6-8,11,13H,3-5,9-10,12H2,1-2H3,(H,20,22,25)/t13-/m1/s1. The van der Waals surface area contributed by atoms with Gasteiger partial charge < -0.3 is 15.0 Å². The molecule has 2 heterocycles. The molecule has 1 saturated heterocycles. The number of methoxy groups -OCH3 is 1. The predicted octanol–water partition coefficient (Wildman–Crippen LogP) is 3.27. The summed E-state index contributed by atoms with van der Waals surface area (Å²) in [5, 5.41) is 12.4. The molecule has 0 radical (unpaired) electrons. The van der Waals surface area contributed by atoms with Crippen molar-refractivity contribution in [2.45, 2.75) is 39.0 Å². The molecule has 1 aromatic carbocycles. The highest BCUT2D eigenvalue weighted by Crippen LogP contribution is 2.29. The third-order valence-corrected chi connectivity index (χ3v) is 5.45. The van der Waals surface area contributed by atoms with E-state index in [1.165, 1.54) is 11.3 Å². The average molecular weight is 388 g/mol. The molecule has 1 atom stereocenters. The summed E-state index contributed by atoms with van der Waals surface area (Å²) < 4.78 is 5.21. The van der Waals surface area contributed by atoms with Crippen LogP contribution in [-0.2, 0) is 16.0 Å². The fourth-order valence-corrected chi connectivity index (χ4v) is 3.83. The number of nitrogens with one attached hydrogen (secondary N) is 1. The van der Waals surface area contributed by atoms with Crippen molar-refractivity contribution in [3.8, 4) is 5.75 Å². The molecule has 0 spiro atoms. The van der Waals surface area contributed by atoms with E-state index < -0.39 is 5.92 Å². The zero-order valence-electron chi connectivity index (χ0n) is 15.6. The second kappa shape index (κ2) is 8.94. The monoisotopic (exact) mass is 388 g/mol. The first-order valence-corrected chi connectivity index (χ1v) is 10.00. The molecule has 1 N–H and O–H groups in total. The molecule has 144 valence electrons. The van der Waals surface area contributed by atoms with Crippen molar-refractivity contribution in [3.63, 3.8) is 0 Å². The van der Waals surface area contributed by atoms with Crippen LogP contribution in [0, 0.1) is 5.92 Å². The molecule has 2 aromatic rings. The Morgan fingerprint density at radius 1 is 1.37 bits per heavy atom. The van der Waals surface area contributed by atoms with Crippen LogP contribution in [0.15, 0.2) is 24.3 Å². The molecule has 0 saturated carbocycles. The van der Waals surface area contributed by atoms with Crippen molar-refractivity contribution in [1.82, 2.24) is 10.2 Å². The number of benzene rings is 1. The molecule has 1 aliphatic heterocycles. The maximum Gasteiger partial charge on any atom is 0.231 e. The Kier molecular flexibility index (Phi) is 6.39. The van der Waals surface area contributed by atoms with Crippen molar-refractivity contribution in [3.05, 3.63) is 29.3 Å². The molecular weight excluding hydrogens is 364 g/mol. The minimum Gasteiger partial charge on any atom is -0.497 e. The topological polar surface area (TPSA) is 84.4 Å². The molecule has 0 bridgehead atoms. The zero-order valence-corrected chi connectivity index (χ0v) is 16.4. The summed E-state index contributed by atoms with van der Waals surface area (Å²) >= 11 is 1.40. The lowest BCUT2D eigenvalue weighted by Gasteiger charge is -2.17. The SMILES string of the molecule is CCCCCc1nnc(NC(=O)[C@@H]2CC(=O)N(c3cccc(OC)c3)C2)s1. The van der Waals surface area contributed by atoms with Gasteiger partial charge in [-0.15, -0.1) is 10.2 Å². The number of carbonyl (C=O) groups excluding carboxylic acids is 2. The number of anilines is 2. The molecule has 1 aromatic heterocycles. The number of hydrogen-bond donors (Lipinski definition) is 1. The second-order valence-electron chi connectivity index (χ2n) is 6.55. The van der Waals surface area contributed by atoms with Gasteiger partial charge in [0, 0.05) is 31.1 Å². The van der Waals surface area contributed by atoms with Crippen molar-refractivity contribution in [1.29, 1.82) is 0 Å². The predicted molar refractivity (Wildman–Crippen MR) is 105 cm³/mol. The van der Waals surface area contributed by atoms with Crippen LogP contribution >= 0.6 is 11.3 Å². The molecule has 3 rings (SSSR count). The van der Waals surface area contributed by atoms with E-state index >= 15 is 0 Å². The Bertz CT molecular complexity index is 808. The molecule has 7 nitrogen and oxygen atoms in total. The smallest absolute Gasteiger partial charge is 0.231 e. The van der Waals surface area contributed by atoms with E-state index in [0.29, 0.717) is 17.4 Å². The van der Waals surface area contributed by atoms with Gasteiger partial charge in [0.25, 0.3) is 0 Å². The highest BCUT2D eigenvalue weighted by molar-refractivity contribution is 7.15. The zero-order chi connectivity index (χ0) is 19.2. The highest BCUT2D eigenvalue weighted by Gasteiger charge is 2.35. The normalized spacial score (nSPS) is 16.6. The minimum atomic E-state index is -0.406. The number of ether oxygens (including phenoxy) is 1. The van der Waals surface area contributed by atoms with Crippen molar-refractivity contribution in [2.75, 3.05) is 23.9 Å². The van der Waals surface area contributed by atoms with E-state index in [0.717, 1.165) is 36.4 Å².